The first-order chi connectivity index (χ1) is 12.2. The van der Waals surface area contributed by atoms with Crippen molar-refractivity contribution in [3.05, 3.63) is 59.7 Å². The van der Waals surface area contributed by atoms with Crippen molar-refractivity contribution in [1.29, 1.82) is 0 Å². The molecule has 3 rings (SSSR count). The first-order valence-corrected chi connectivity index (χ1v) is 8.58. The molecule has 0 saturated heterocycles. The molecular weight excluding hydrogens is 318 g/mol. The smallest absolute Gasteiger partial charge is 0.335 e. The topological polar surface area (TPSA) is 59.0 Å². The third-order valence-electron chi connectivity index (χ3n) is 4.18. The molecular formula is C20H23NO4. The fourth-order valence-corrected chi connectivity index (χ4v) is 3.00. The number of carbonyl (C=O) groups is 1. The predicted octanol–water partition coefficient (Wildman–Crippen LogP) is 3.44. The minimum atomic E-state index is -0.900. The van der Waals surface area contributed by atoms with Crippen LogP contribution in [0.1, 0.15) is 29.3 Å². The molecule has 25 heavy (non-hydrogen) atoms. The van der Waals surface area contributed by atoms with Crippen LogP contribution in [-0.2, 0) is 6.54 Å². The molecule has 0 spiro atoms. The molecule has 5 nitrogen and oxygen atoms in total. The van der Waals surface area contributed by atoms with Gasteiger partial charge in [-0.05, 0) is 42.8 Å². The summed E-state index contributed by atoms with van der Waals surface area (Å²) in [6.45, 7) is 5.16. The molecule has 0 saturated carbocycles. The minimum absolute atomic E-state index is 0.0141. The fraction of sp³-hybridized carbons (Fsp3) is 0.350. The van der Waals surface area contributed by atoms with Gasteiger partial charge in [0, 0.05) is 13.1 Å². The molecule has 5 heteroatoms. The first kappa shape index (κ1) is 17.3. The summed E-state index contributed by atoms with van der Waals surface area (Å²) in [5.41, 5.74) is 1.40. The van der Waals surface area contributed by atoms with Crippen molar-refractivity contribution in [3.63, 3.8) is 0 Å². The van der Waals surface area contributed by atoms with Gasteiger partial charge in [0.2, 0.25) is 0 Å². The van der Waals surface area contributed by atoms with Gasteiger partial charge in [-0.1, -0.05) is 31.2 Å². The molecule has 0 aromatic heterocycles. The fourth-order valence-electron chi connectivity index (χ4n) is 3.00. The van der Waals surface area contributed by atoms with Crippen LogP contribution in [0.4, 0.5) is 0 Å². The number of hydrogen-bond acceptors (Lipinski definition) is 4. The Morgan fingerprint density at radius 2 is 1.88 bits per heavy atom. The van der Waals surface area contributed by atoms with Crippen LogP contribution in [0.25, 0.3) is 0 Å². The number of hydrogen-bond donors (Lipinski definition) is 1. The van der Waals surface area contributed by atoms with E-state index in [1.165, 1.54) is 0 Å². The minimum Gasteiger partial charge on any atom is -0.486 e. The van der Waals surface area contributed by atoms with E-state index in [9.17, 15) is 4.79 Å². The Hall–Kier alpha value is -2.53. The maximum atomic E-state index is 11.0. The highest BCUT2D eigenvalue weighted by molar-refractivity contribution is 5.87. The van der Waals surface area contributed by atoms with Crippen LogP contribution in [0.15, 0.2) is 48.5 Å². The van der Waals surface area contributed by atoms with Gasteiger partial charge in [-0.3, -0.25) is 4.90 Å². The van der Waals surface area contributed by atoms with E-state index >= 15 is 0 Å². The molecule has 1 aliphatic heterocycles. The summed E-state index contributed by atoms with van der Waals surface area (Å²) in [4.78, 5) is 13.3. The zero-order valence-electron chi connectivity index (χ0n) is 14.4. The highest BCUT2D eigenvalue weighted by Crippen LogP contribution is 2.31. The van der Waals surface area contributed by atoms with Crippen molar-refractivity contribution in [2.24, 2.45) is 0 Å². The van der Waals surface area contributed by atoms with E-state index in [0.717, 1.165) is 43.1 Å². The lowest BCUT2D eigenvalue weighted by Crippen LogP contribution is -2.41. The zero-order chi connectivity index (χ0) is 17.6. The molecule has 0 bridgehead atoms. The van der Waals surface area contributed by atoms with Gasteiger partial charge in [0.1, 0.15) is 12.7 Å². The largest absolute Gasteiger partial charge is 0.486 e. The number of rotatable bonds is 7. The van der Waals surface area contributed by atoms with E-state index in [2.05, 4.69) is 11.8 Å². The van der Waals surface area contributed by atoms with Gasteiger partial charge >= 0.3 is 5.97 Å². The molecule has 0 aliphatic carbocycles. The SMILES string of the molecule is CCCN(Cc1ccc(C(=O)O)cc1)CC1COc2ccccc2O1. The number of benzene rings is 2. The monoisotopic (exact) mass is 341 g/mol. The number of carboxylic acids is 1. The molecule has 2 aromatic carbocycles. The van der Waals surface area contributed by atoms with Gasteiger partial charge in [0.15, 0.2) is 11.5 Å². The number of fused-ring (bicyclic) bond motifs is 1. The Labute approximate surface area is 147 Å². The van der Waals surface area contributed by atoms with Gasteiger partial charge in [-0.2, -0.15) is 0 Å². The van der Waals surface area contributed by atoms with Gasteiger partial charge in [-0.15, -0.1) is 0 Å². The van der Waals surface area contributed by atoms with E-state index in [1.807, 2.05) is 36.4 Å². The quantitative estimate of drug-likeness (QED) is 0.836. The van der Waals surface area contributed by atoms with Crippen LogP contribution in [-0.4, -0.2) is 41.8 Å². The van der Waals surface area contributed by atoms with Gasteiger partial charge in [-0.25, -0.2) is 4.79 Å². The lowest BCUT2D eigenvalue weighted by molar-refractivity contribution is 0.0564. The molecule has 0 fully saturated rings. The number of carboxylic acid groups (broad SMARTS) is 1. The number of para-hydroxylation sites is 2. The highest BCUT2D eigenvalue weighted by atomic mass is 16.6. The molecule has 1 unspecified atom stereocenters. The van der Waals surface area contributed by atoms with E-state index in [0.29, 0.717) is 12.2 Å². The maximum Gasteiger partial charge on any atom is 0.335 e. The van der Waals surface area contributed by atoms with Crippen LogP contribution in [0.2, 0.25) is 0 Å². The van der Waals surface area contributed by atoms with E-state index in [-0.39, 0.29) is 6.10 Å². The average Bonchev–Trinajstić information content (AvgIpc) is 2.62. The summed E-state index contributed by atoms with van der Waals surface area (Å²) in [5.74, 6) is 0.689. The summed E-state index contributed by atoms with van der Waals surface area (Å²) >= 11 is 0. The Kier molecular flexibility index (Phi) is 5.56. The maximum absolute atomic E-state index is 11.0. The van der Waals surface area contributed by atoms with Crippen LogP contribution >= 0.6 is 0 Å². The van der Waals surface area contributed by atoms with Crippen LogP contribution in [0.5, 0.6) is 11.5 Å². The van der Waals surface area contributed by atoms with Gasteiger partial charge in [0.25, 0.3) is 0 Å². The zero-order valence-corrected chi connectivity index (χ0v) is 14.4. The van der Waals surface area contributed by atoms with Crippen LogP contribution < -0.4 is 9.47 Å². The van der Waals surface area contributed by atoms with E-state index < -0.39 is 5.97 Å². The molecule has 2 aromatic rings. The van der Waals surface area contributed by atoms with E-state index in [1.54, 1.807) is 12.1 Å². The number of aromatic carboxylic acids is 1. The summed E-state index contributed by atoms with van der Waals surface area (Å²) in [7, 11) is 0. The summed E-state index contributed by atoms with van der Waals surface area (Å²) in [5, 5.41) is 9.00. The molecule has 1 heterocycles. The Morgan fingerprint density at radius 1 is 1.16 bits per heavy atom. The number of ether oxygens (including phenoxy) is 2. The van der Waals surface area contributed by atoms with Gasteiger partial charge in [0.05, 0.1) is 5.56 Å². The van der Waals surface area contributed by atoms with Gasteiger partial charge < -0.3 is 14.6 Å². The van der Waals surface area contributed by atoms with Crippen LogP contribution in [0.3, 0.4) is 0 Å². The lowest BCUT2D eigenvalue weighted by Gasteiger charge is -2.31. The Balaban J connectivity index is 1.62. The van der Waals surface area contributed by atoms with Crippen molar-refractivity contribution >= 4 is 5.97 Å². The van der Waals surface area contributed by atoms with Crippen molar-refractivity contribution < 1.29 is 19.4 Å². The van der Waals surface area contributed by atoms with Crippen molar-refractivity contribution in [3.8, 4) is 11.5 Å². The third kappa shape index (κ3) is 4.51. The molecule has 1 atom stereocenters. The van der Waals surface area contributed by atoms with Crippen molar-refractivity contribution in [1.82, 2.24) is 4.90 Å². The van der Waals surface area contributed by atoms with Crippen molar-refractivity contribution in [2.75, 3.05) is 19.7 Å². The summed E-state index contributed by atoms with van der Waals surface area (Å²) in [6, 6.07) is 14.8. The predicted molar refractivity (Wildman–Crippen MR) is 95.3 cm³/mol. The lowest BCUT2D eigenvalue weighted by atomic mass is 10.1. The second-order valence-corrected chi connectivity index (χ2v) is 6.23. The second kappa shape index (κ2) is 8.03. The molecule has 1 N–H and O–H groups in total. The standard InChI is InChI=1S/C20H23NO4/c1-2-11-21(12-15-7-9-16(10-8-15)20(22)23)13-17-14-24-18-5-3-4-6-19(18)25-17/h3-10,17H,2,11-14H2,1H3,(H,22,23). The molecule has 0 radical (unpaired) electrons. The Bertz CT molecular complexity index is 714. The Morgan fingerprint density at radius 3 is 2.56 bits per heavy atom. The van der Waals surface area contributed by atoms with Crippen LogP contribution in [0, 0.1) is 0 Å². The van der Waals surface area contributed by atoms with E-state index in [4.69, 9.17) is 14.6 Å². The summed E-state index contributed by atoms with van der Waals surface area (Å²) in [6.07, 6.45) is 1.02. The first-order valence-electron chi connectivity index (χ1n) is 8.58. The third-order valence-corrected chi connectivity index (χ3v) is 4.18. The highest BCUT2D eigenvalue weighted by Gasteiger charge is 2.23. The average molecular weight is 341 g/mol. The summed E-state index contributed by atoms with van der Waals surface area (Å²) < 4.78 is 11.8. The molecule has 1 aliphatic rings. The second-order valence-electron chi connectivity index (χ2n) is 6.23. The molecule has 0 amide bonds. The normalized spacial score (nSPS) is 16.0. The number of nitrogens with zero attached hydrogens (tertiary/aromatic N) is 1. The van der Waals surface area contributed by atoms with Crippen molar-refractivity contribution in [2.45, 2.75) is 26.0 Å². The molecule has 132 valence electrons.